The number of nitrogens with zero attached hydrogens (tertiary/aromatic N) is 1. The first-order valence-electron chi connectivity index (χ1n) is 6.70. The molecule has 1 aliphatic rings. The molecule has 1 saturated carbocycles. The fourth-order valence-electron chi connectivity index (χ4n) is 3.08. The number of pyridine rings is 1. The van der Waals surface area contributed by atoms with Crippen molar-refractivity contribution < 1.29 is 14.6 Å². The average molecular weight is 263 g/mol. The van der Waals surface area contributed by atoms with Gasteiger partial charge in [-0.15, -0.1) is 0 Å². The van der Waals surface area contributed by atoms with E-state index in [2.05, 4.69) is 11.9 Å². The summed E-state index contributed by atoms with van der Waals surface area (Å²) in [7, 11) is 1.61. The highest BCUT2D eigenvalue weighted by atomic mass is 16.5. The molecule has 1 aliphatic carbocycles. The molecule has 0 aromatic carbocycles. The van der Waals surface area contributed by atoms with E-state index in [9.17, 15) is 9.90 Å². The molecule has 104 valence electrons. The summed E-state index contributed by atoms with van der Waals surface area (Å²) in [6.07, 6.45) is 2.95. The summed E-state index contributed by atoms with van der Waals surface area (Å²) in [4.78, 5) is 16.1. The van der Waals surface area contributed by atoms with E-state index >= 15 is 0 Å². The zero-order valence-electron chi connectivity index (χ0n) is 11.8. The first-order valence-corrected chi connectivity index (χ1v) is 6.70. The molecule has 0 saturated heterocycles. The van der Waals surface area contributed by atoms with Crippen LogP contribution >= 0.6 is 0 Å². The van der Waals surface area contributed by atoms with Crippen LogP contribution in [0.3, 0.4) is 0 Å². The molecule has 4 nitrogen and oxygen atoms in total. The number of methoxy groups -OCH3 is 1. The Kier molecular flexibility index (Phi) is 3.78. The predicted molar refractivity (Wildman–Crippen MR) is 72.3 cm³/mol. The smallest absolute Gasteiger partial charge is 0.310 e. The highest BCUT2D eigenvalue weighted by Gasteiger charge is 2.44. The summed E-state index contributed by atoms with van der Waals surface area (Å²) in [6.45, 7) is 4.02. The van der Waals surface area contributed by atoms with E-state index < -0.39 is 11.4 Å². The molecule has 0 spiro atoms. The molecule has 2 rings (SSSR count). The predicted octanol–water partition coefficient (Wildman–Crippen LogP) is 2.83. The highest BCUT2D eigenvalue weighted by molar-refractivity contribution is 5.75. The normalized spacial score (nSPS) is 26.4. The number of carbonyl (C=O) groups is 1. The van der Waals surface area contributed by atoms with Gasteiger partial charge in [-0.2, -0.15) is 0 Å². The Bertz CT molecular complexity index is 486. The maximum atomic E-state index is 11.7. The van der Waals surface area contributed by atoms with Crippen LogP contribution in [0.25, 0.3) is 0 Å². The quantitative estimate of drug-likeness (QED) is 0.907. The van der Waals surface area contributed by atoms with Crippen LogP contribution in [-0.4, -0.2) is 23.2 Å². The van der Waals surface area contributed by atoms with E-state index in [0.717, 1.165) is 36.4 Å². The lowest BCUT2D eigenvalue weighted by molar-refractivity contribution is -0.148. The molecule has 2 unspecified atom stereocenters. The molecule has 4 heteroatoms. The zero-order chi connectivity index (χ0) is 14.0. The van der Waals surface area contributed by atoms with Crippen molar-refractivity contribution in [3.63, 3.8) is 0 Å². The standard InChI is InChI=1S/C15H21NO3/c1-10-4-5-15(8-10,14(17)18)9-12-7-13(19-3)6-11(2)16-12/h6-7,10H,4-5,8-9H2,1-3H3,(H,17,18). The fraction of sp³-hybridized carbons (Fsp3) is 0.600. The summed E-state index contributed by atoms with van der Waals surface area (Å²) in [5.74, 6) is 0.524. The van der Waals surface area contributed by atoms with Crippen molar-refractivity contribution in [3.8, 4) is 5.75 Å². The van der Waals surface area contributed by atoms with E-state index in [1.807, 2.05) is 19.1 Å². The summed E-state index contributed by atoms with van der Waals surface area (Å²) >= 11 is 0. The number of carboxylic acid groups (broad SMARTS) is 1. The maximum absolute atomic E-state index is 11.7. The Morgan fingerprint density at radius 2 is 2.32 bits per heavy atom. The van der Waals surface area contributed by atoms with Crippen molar-refractivity contribution >= 4 is 5.97 Å². The minimum absolute atomic E-state index is 0.475. The number of aryl methyl sites for hydroxylation is 1. The Morgan fingerprint density at radius 1 is 1.58 bits per heavy atom. The van der Waals surface area contributed by atoms with Gasteiger partial charge in [-0.1, -0.05) is 6.92 Å². The van der Waals surface area contributed by atoms with Crippen LogP contribution in [0.2, 0.25) is 0 Å². The van der Waals surface area contributed by atoms with E-state index in [-0.39, 0.29) is 0 Å². The largest absolute Gasteiger partial charge is 0.497 e. The first kappa shape index (κ1) is 13.8. The van der Waals surface area contributed by atoms with E-state index in [1.54, 1.807) is 7.11 Å². The molecule has 1 N–H and O–H groups in total. The van der Waals surface area contributed by atoms with E-state index in [1.165, 1.54) is 0 Å². The first-order chi connectivity index (χ1) is 8.95. The molecular formula is C15H21NO3. The van der Waals surface area contributed by atoms with Crippen LogP contribution in [-0.2, 0) is 11.2 Å². The lowest BCUT2D eigenvalue weighted by atomic mass is 9.80. The van der Waals surface area contributed by atoms with Gasteiger partial charge in [0.15, 0.2) is 0 Å². The minimum atomic E-state index is -0.695. The summed E-state index contributed by atoms with van der Waals surface area (Å²) in [6, 6.07) is 3.70. The monoisotopic (exact) mass is 263 g/mol. The summed E-state index contributed by atoms with van der Waals surface area (Å²) < 4.78 is 5.23. The molecule has 19 heavy (non-hydrogen) atoms. The number of hydrogen-bond donors (Lipinski definition) is 1. The third kappa shape index (κ3) is 2.88. The number of ether oxygens (including phenoxy) is 1. The van der Waals surface area contributed by atoms with Crippen LogP contribution in [0, 0.1) is 18.3 Å². The van der Waals surface area contributed by atoms with Crippen molar-refractivity contribution in [1.29, 1.82) is 0 Å². The molecule has 1 aromatic heterocycles. The Morgan fingerprint density at radius 3 is 2.84 bits per heavy atom. The Balaban J connectivity index is 2.27. The van der Waals surface area contributed by atoms with E-state index in [4.69, 9.17) is 4.74 Å². The highest BCUT2D eigenvalue weighted by Crippen LogP contribution is 2.44. The van der Waals surface area contributed by atoms with Crippen LogP contribution < -0.4 is 4.74 Å². The second kappa shape index (κ2) is 5.19. The van der Waals surface area contributed by atoms with Gasteiger partial charge in [0.2, 0.25) is 0 Å². The summed E-state index contributed by atoms with van der Waals surface area (Å²) in [5.41, 5.74) is 1.03. The molecule has 1 fully saturated rings. The number of aromatic nitrogens is 1. The molecule has 1 aromatic rings. The van der Waals surface area contributed by atoms with Crippen molar-refractivity contribution in [2.24, 2.45) is 11.3 Å². The van der Waals surface area contributed by atoms with Crippen LogP contribution in [0.1, 0.15) is 37.6 Å². The lowest BCUT2D eigenvalue weighted by Crippen LogP contribution is -2.31. The molecule has 2 atom stereocenters. The molecule has 0 bridgehead atoms. The van der Waals surface area contributed by atoms with Crippen LogP contribution in [0.5, 0.6) is 5.75 Å². The second-order valence-electron chi connectivity index (χ2n) is 5.75. The molecule has 0 aliphatic heterocycles. The van der Waals surface area contributed by atoms with Crippen LogP contribution in [0.15, 0.2) is 12.1 Å². The Labute approximate surface area is 113 Å². The molecule has 0 amide bonds. The van der Waals surface area contributed by atoms with Gasteiger partial charge in [-0.3, -0.25) is 9.78 Å². The summed E-state index contributed by atoms with van der Waals surface area (Å²) in [5, 5.41) is 9.58. The van der Waals surface area contributed by atoms with Crippen molar-refractivity contribution in [2.75, 3.05) is 7.11 Å². The number of carboxylic acids is 1. The van der Waals surface area contributed by atoms with Gasteiger partial charge in [0, 0.05) is 29.9 Å². The maximum Gasteiger partial charge on any atom is 0.310 e. The van der Waals surface area contributed by atoms with Gasteiger partial charge in [0.1, 0.15) is 5.75 Å². The molecular weight excluding hydrogens is 242 g/mol. The van der Waals surface area contributed by atoms with Crippen molar-refractivity contribution in [2.45, 2.75) is 39.5 Å². The van der Waals surface area contributed by atoms with Gasteiger partial charge in [0.25, 0.3) is 0 Å². The van der Waals surface area contributed by atoms with Gasteiger partial charge in [-0.05, 0) is 32.1 Å². The Hall–Kier alpha value is -1.58. The number of aliphatic carboxylic acids is 1. The number of hydrogen-bond acceptors (Lipinski definition) is 3. The zero-order valence-corrected chi connectivity index (χ0v) is 11.8. The minimum Gasteiger partial charge on any atom is -0.497 e. The topological polar surface area (TPSA) is 59.4 Å². The van der Waals surface area contributed by atoms with Gasteiger partial charge >= 0.3 is 5.97 Å². The van der Waals surface area contributed by atoms with Gasteiger partial charge in [0.05, 0.1) is 12.5 Å². The fourth-order valence-corrected chi connectivity index (χ4v) is 3.08. The molecule has 0 radical (unpaired) electrons. The lowest BCUT2D eigenvalue weighted by Gasteiger charge is -2.24. The van der Waals surface area contributed by atoms with E-state index in [0.29, 0.717) is 12.3 Å². The van der Waals surface area contributed by atoms with Crippen molar-refractivity contribution in [1.82, 2.24) is 4.98 Å². The number of rotatable bonds is 4. The van der Waals surface area contributed by atoms with Crippen molar-refractivity contribution in [3.05, 3.63) is 23.5 Å². The molecule has 1 heterocycles. The van der Waals surface area contributed by atoms with Gasteiger partial charge < -0.3 is 9.84 Å². The third-order valence-electron chi connectivity index (χ3n) is 4.04. The van der Waals surface area contributed by atoms with Gasteiger partial charge in [-0.25, -0.2) is 0 Å². The third-order valence-corrected chi connectivity index (χ3v) is 4.04. The second-order valence-corrected chi connectivity index (χ2v) is 5.75. The SMILES string of the molecule is COc1cc(C)nc(CC2(C(=O)O)CCC(C)C2)c1. The average Bonchev–Trinajstić information content (AvgIpc) is 2.71. The van der Waals surface area contributed by atoms with Crippen LogP contribution in [0.4, 0.5) is 0 Å².